The summed E-state index contributed by atoms with van der Waals surface area (Å²) in [6.45, 7) is 1.40. The zero-order chi connectivity index (χ0) is 25.1. The Kier molecular flexibility index (Phi) is 5.46. The molecule has 3 saturated heterocycles. The molecule has 2 N–H and O–H groups in total. The van der Waals surface area contributed by atoms with Gasteiger partial charge in [0.25, 0.3) is 0 Å². The highest BCUT2D eigenvalue weighted by Crippen LogP contribution is 2.58. The lowest BCUT2D eigenvalue weighted by molar-refractivity contribution is -0.0925. The number of phosphoric acid groups is 1. The number of halogens is 1. The zero-order valence-electron chi connectivity index (χ0n) is 18.9. The van der Waals surface area contributed by atoms with Gasteiger partial charge >= 0.3 is 14.0 Å². The van der Waals surface area contributed by atoms with Gasteiger partial charge in [0, 0.05) is 6.42 Å². The highest BCUT2D eigenvalue weighted by atomic mass is 31.2. The number of nitrogens with two attached hydrogens (primary N) is 1. The van der Waals surface area contributed by atoms with Crippen LogP contribution in [0, 0.1) is 5.82 Å². The van der Waals surface area contributed by atoms with Crippen LogP contribution < -0.4 is 5.73 Å². The second kappa shape index (κ2) is 8.46. The minimum atomic E-state index is -4.04. The number of hydrogen-bond acceptors (Lipinski definition) is 12. The van der Waals surface area contributed by atoms with Crippen molar-refractivity contribution in [1.29, 1.82) is 0 Å². The van der Waals surface area contributed by atoms with E-state index in [9.17, 15) is 13.8 Å². The molecule has 3 aromatic rings. The molecule has 6 rings (SSSR count). The number of hydrogen-bond donors (Lipinski definition) is 1. The number of phosphoric ester groups is 1. The summed E-state index contributed by atoms with van der Waals surface area (Å²) in [5.41, 5.74) is 5.82. The molecule has 1 aromatic carbocycles. The van der Waals surface area contributed by atoms with Crippen molar-refractivity contribution in [2.45, 2.75) is 43.5 Å². The van der Waals surface area contributed by atoms with Crippen LogP contribution in [0.4, 0.5) is 15.0 Å². The summed E-state index contributed by atoms with van der Waals surface area (Å²) in [5, 5.41) is 0. The first kappa shape index (κ1) is 23.3. The molecular formula is C21H21FN5O8P. The minimum absolute atomic E-state index is 0.0774. The quantitative estimate of drug-likeness (QED) is 0.387. The molecule has 0 spiro atoms. The third-order valence-electron chi connectivity index (χ3n) is 6.37. The second-order valence-corrected chi connectivity index (χ2v) is 10.3. The molecule has 0 bridgehead atoms. The van der Waals surface area contributed by atoms with Crippen LogP contribution in [0.25, 0.3) is 11.2 Å². The number of anilines is 1. The highest BCUT2D eigenvalue weighted by molar-refractivity contribution is 7.48. The number of benzene rings is 1. The monoisotopic (exact) mass is 521 g/mol. The number of ether oxygens (including phenoxy) is 3. The molecule has 0 radical (unpaired) electrons. The Hall–Kier alpha value is -3.16. The van der Waals surface area contributed by atoms with Crippen LogP contribution in [0.3, 0.4) is 0 Å². The lowest BCUT2D eigenvalue weighted by atomic mass is 9.96. The number of imidazole rings is 1. The van der Waals surface area contributed by atoms with Gasteiger partial charge in [0.05, 0.1) is 25.6 Å². The summed E-state index contributed by atoms with van der Waals surface area (Å²) >= 11 is 0. The fourth-order valence-corrected chi connectivity index (χ4v) is 6.07. The number of aromatic nitrogens is 4. The predicted octanol–water partition coefficient (Wildman–Crippen LogP) is 3.04. The van der Waals surface area contributed by atoms with E-state index >= 15 is 0 Å². The molecule has 2 aromatic heterocycles. The third-order valence-corrected chi connectivity index (χ3v) is 7.84. The van der Waals surface area contributed by atoms with Gasteiger partial charge < -0.3 is 19.9 Å². The molecule has 3 aliphatic heterocycles. The normalized spacial score (nSPS) is 33.9. The number of nitrogen functional groups attached to an aromatic ring is 1. The molecule has 0 aliphatic carbocycles. The standard InChI is InChI=1S/C21H21FN5O8P/c1-21-16(33-20(28)34-21)14(32-19(21)27-10-26-15-17(23)24-9-25-18(15)27)8-31-36(29)30-6-5-13(35-36)11-3-2-4-12(22)7-11/h2-4,7,9-10,13-14,16,19H,5-6,8H2,1H3,(H2,23,24,25)/t13?,14-,16-,19-,21-,36?/m1/s1. The number of rotatable bonds is 5. The molecule has 6 atom stereocenters. The maximum atomic E-state index is 13.7. The highest BCUT2D eigenvalue weighted by Gasteiger charge is 2.64. The van der Waals surface area contributed by atoms with Crippen molar-refractivity contribution in [3.05, 3.63) is 48.3 Å². The lowest BCUT2D eigenvalue weighted by Gasteiger charge is -2.29. The Bertz CT molecular complexity index is 1390. The SMILES string of the molecule is C[C@@]12OC(=O)O[C@@H]1[C@@H](COP1(=O)OCCC(c3cccc(F)c3)O1)O[C@H]2n1cnc2c(N)ncnc21. The maximum absolute atomic E-state index is 13.7. The largest absolute Gasteiger partial charge is 0.509 e. The van der Waals surface area contributed by atoms with Gasteiger partial charge in [-0.2, -0.15) is 0 Å². The van der Waals surface area contributed by atoms with Crippen LogP contribution in [0.5, 0.6) is 0 Å². The topological polar surface area (TPSA) is 159 Å². The maximum Gasteiger partial charge on any atom is 0.509 e. The van der Waals surface area contributed by atoms with Crippen LogP contribution in [-0.4, -0.2) is 56.7 Å². The van der Waals surface area contributed by atoms with Crippen LogP contribution in [0.2, 0.25) is 0 Å². The smallest absolute Gasteiger partial charge is 0.424 e. The Labute approximate surface area is 203 Å². The van der Waals surface area contributed by atoms with Crippen molar-refractivity contribution < 1.29 is 41.5 Å². The average Bonchev–Trinajstić information content (AvgIpc) is 3.48. The molecule has 0 amide bonds. The predicted molar refractivity (Wildman–Crippen MR) is 118 cm³/mol. The first-order valence-electron chi connectivity index (χ1n) is 11.1. The average molecular weight is 521 g/mol. The van der Waals surface area contributed by atoms with E-state index in [0.717, 1.165) is 0 Å². The van der Waals surface area contributed by atoms with Crippen molar-refractivity contribution in [1.82, 2.24) is 19.5 Å². The summed E-state index contributed by atoms with van der Waals surface area (Å²) in [4.78, 5) is 24.5. The van der Waals surface area contributed by atoms with Crippen LogP contribution in [-0.2, 0) is 32.3 Å². The van der Waals surface area contributed by atoms with Crippen molar-refractivity contribution in [3.8, 4) is 0 Å². The molecule has 15 heteroatoms. The fraction of sp³-hybridized carbons (Fsp3) is 0.429. The van der Waals surface area contributed by atoms with Gasteiger partial charge in [0.15, 0.2) is 29.4 Å². The van der Waals surface area contributed by atoms with Crippen LogP contribution in [0.15, 0.2) is 36.9 Å². The minimum Gasteiger partial charge on any atom is -0.424 e. The first-order chi connectivity index (χ1) is 17.3. The zero-order valence-corrected chi connectivity index (χ0v) is 19.7. The number of fused-ring (bicyclic) bond motifs is 2. The number of carbonyl (C=O) groups is 1. The Morgan fingerprint density at radius 2 is 2.19 bits per heavy atom. The van der Waals surface area contributed by atoms with E-state index < -0.39 is 49.9 Å². The van der Waals surface area contributed by atoms with Crippen molar-refractivity contribution in [3.63, 3.8) is 0 Å². The molecule has 190 valence electrons. The molecule has 13 nitrogen and oxygen atoms in total. The van der Waals surface area contributed by atoms with Gasteiger partial charge in [0.2, 0.25) is 0 Å². The van der Waals surface area contributed by atoms with Crippen molar-refractivity contribution in [2.75, 3.05) is 18.9 Å². The van der Waals surface area contributed by atoms with Crippen LogP contribution in [0.1, 0.15) is 31.2 Å². The number of nitrogens with zero attached hydrogens (tertiary/aromatic N) is 4. The Morgan fingerprint density at radius 3 is 3.03 bits per heavy atom. The van der Waals surface area contributed by atoms with Gasteiger partial charge in [-0.15, -0.1) is 0 Å². The summed E-state index contributed by atoms with van der Waals surface area (Å²) in [6, 6.07) is 5.81. The van der Waals surface area contributed by atoms with E-state index in [2.05, 4.69) is 15.0 Å². The third kappa shape index (κ3) is 3.82. The fourth-order valence-electron chi connectivity index (χ4n) is 4.68. The summed E-state index contributed by atoms with van der Waals surface area (Å²) in [6.07, 6.45) is -1.23. The molecule has 5 heterocycles. The molecule has 3 aliphatic rings. The van der Waals surface area contributed by atoms with Gasteiger partial charge in [-0.1, -0.05) is 12.1 Å². The van der Waals surface area contributed by atoms with Gasteiger partial charge in [-0.3, -0.25) is 18.1 Å². The van der Waals surface area contributed by atoms with E-state index in [-0.39, 0.29) is 19.0 Å². The molecule has 3 fully saturated rings. The number of carbonyl (C=O) groups excluding carboxylic acids is 1. The van der Waals surface area contributed by atoms with Crippen LogP contribution >= 0.6 is 7.82 Å². The van der Waals surface area contributed by atoms with Gasteiger partial charge in [-0.25, -0.2) is 28.7 Å². The summed E-state index contributed by atoms with van der Waals surface area (Å²) < 4.78 is 61.9. The molecule has 0 saturated carbocycles. The second-order valence-electron chi connectivity index (χ2n) is 8.70. The Balaban J connectivity index is 1.23. The summed E-state index contributed by atoms with van der Waals surface area (Å²) in [5.74, 6) is -0.263. The van der Waals surface area contributed by atoms with Crippen molar-refractivity contribution >= 4 is 31.0 Å². The first-order valence-corrected chi connectivity index (χ1v) is 12.5. The molecule has 36 heavy (non-hydrogen) atoms. The van der Waals surface area contributed by atoms with Gasteiger partial charge in [0.1, 0.15) is 23.8 Å². The van der Waals surface area contributed by atoms with Gasteiger partial charge in [-0.05, 0) is 24.6 Å². The van der Waals surface area contributed by atoms with Crippen molar-refractivity contribution in [2.24, 2.45) is 0 Å². The van der Waals surface area contributed by atoms with E-state index in [1.165, 1.54) is 30.9 Å². The Morgan fingerprint density at radius 1 is 1.33 bits per heavy atom. The van der Waals surface area contributed by atoms with E-state index in [1.54, 1.807) is 17.6 Å². The summed E-state index contributed by atoms with van der Waals surface area (Å²) in [7, 11) is -4.04. The van der Waals surface area contributed by atoms with E-state index in [1.807, 2.05) is 0 Å². The molecular weight excluding hydrogens is 500 g/mol. The van der Waals surface area contributed by atoms with E-state index in [4.69, 9.17) is 33.5 Å². The van der Waals surface area contributed by atoms with E-state index in [0.29, 0.717) is 23.1 Å². The lowest BCUT2D eigenvalue weighted by Crippen LogP contribution is -2.42. The molecule has 2 unspecified atom stereocenters.